The maximum atomic E-state index is 12.3. The Morgan fingerprint density at radius 2 is 1.70 bits per heavy atom. The van der Waals surface area contributed by atoms with Crippen molar-refractivity contribution in [1.82, 2.24) is 9.80 Å². The number of nitrogens with zero attached hydrogens (tertiary/aromatic N) is 2. The maximum absolute atomic E-state index is 12.3. The van der Waals surface area contributed by atoms with E-state index in [0.717, 1.165) is 49.4 Å². The molecule has 2 saturated heterocycles. The summed E-state index contributed by atoms with van der Waals surface area (Å²) < 4.78 is 1.07. The summed E-state index contributed by atoms with van der Waals surface area (Å²) in [5.74, 6) is 0.127. The summed E-state index contributed by atoms with van der Waals surface area (Å²) >= 11 is 3.55. The molecule has 126 valence electrons. The van der Waals surface area contributed by atoms with Crippen LogP contribution in [-0.4, -0.2) is 48.4 Å². The zero-order valence-corrected chi connectivity index (χ0v) is 15.3. The molecule has 23 heavy (non-hydrogen) atoms. The molecule has 2 heterocycles. The second kappa shape index (κ2) is 8.27. The quantitative estimate of drug-likeness (QED) is 0.821. The average Bonchev–Trinajstić information content (AvgIpc) is 3.21. The van der Waals surface area contributed by atoms with Gasteiger partial charge >= 0.3 is 0 Å². The molecule has 2 fully saturated rings. The van der Waals surface area contributed by atoms with E-state index in [0.29, 0.717) is 6.42 Å². The number of likely N-dealkylation sites (tertiary alicyclic amines) is 2. The van der Waals surface area contributed by atoms with Gasteiger partial charge in [0.1, 0.15) is 0 Å². The van der Waals surface area contributed by atoms with Crippen LogP contribution in [0.5, 0.6) is 0 Å². The van der Waals surface area contributed by atoms with Crippen LogP contribution >= 0.6 is 15.9 Å². The van der Waals surface area contributed by atoms with Crippen LogP contribution in [0.25, 0.3) is 0 Å². The van der Waals surface area contributed by atoms with Gasteiger partial charge in [-0.15, -0.1) is 0 Å². The fourth-order valence-corrected chi connectivity index (χ4v) is 3.88. The Balaban J connectivity index is 1.57. The molecule has 2 aliphatic rings. The Kier molecular flexibility index (Phi) is 6.08. The van der Waals surface area contributed by atoms with E-state index in [9.17, 15) is 4.79 Å². The van der Waals surface area contributed by atoms with Crippen LogP contribution in [0, 0.1) is 0 Å². The first-order valence-electron chi connectivity index (χ1n) is 8.74. The van der Waals surface area contributed by atoms with Crippen molar-refractivity contribution in [3.63, 3.8) is 0 Å². The number of anilines is 1. The molecule has 1 amide bonds. The standard InChI is InChI=1S/C18H26BrN3O/c19-16-5-6-17(15(13-16)14-22-10-3-4-11-22)20-18(23)7-12-21-8-1-2-9-21/h5-6,13H,1-4,7-12,14H2,(H,20,23). The summed E-state index contributed by atoms with van der Waals surface area (Å²) in [5, 5.41) is 3.12. The molecular formula is C18H26BrN3O. The van der Waals surface area contributed by atoms with Crippen LogP contribution in [-0.2, 0) is 11.3 Å². The number of rotatable bonds is 6. The Morgan fingerprint density at radius 1 is 1.04 bits per heavy atom. The molecule has 0 unspecified atom stereocenters. The van der Waals surface area contributed by atoms with E-state index in [1.54, 1.807) is 0 Å². The molecule has 1 N–H and O–H groups in total. The van der Waals surface area contributed by atoms with E-state index in [1.807, 2.05) is 12.1 Å². The van der Waals surface area contributed by atoms with E-state index in [-0.39, 0.29) is 5.91 Å². The van der Waals surface area contributed by atoms with E-state index in [4.69, 9.17) is 0 Å². The van der Waals surface area contributed by atoms with Gasteiger partial charge in [0, 0.05) is 29.7 Å². The number of hydrogen-bond acceptors (Lipinski definition) is 3. The predicted molar refractivity (Wildman–Crippen MR) is 97.6 cm³/mol. The van der Waals surface area contributed by atoms with Gasteiger partial charge in [0.2, 0.25) is 5.91 Å². The molecule has 5 heteroatoms. The zero-order chi connectivity index (χ0) is 16.1. The Labute approximate surface area is 147 Å². The van der Waals surface area contributed by atoms with Crippen LogP contribution < -0.4 is 5.32 Å². The van der Waals surface area contributed by atoms with Gasteiger partial charge < -0.3 is 10.2 Å². The number of carbonyl (C=O) groups is 1. The van der Waals surface area contributed by atoms with E-state index in [2.05, 4.69) is 37.1 Å². The summed E-state index contributed by atoms with van der Waals surface area (Å²) in [5.41, 5.74) is 2.17. The van der Waals surface area contributed by atoms with Crippen molar-refractivity contribution in [1.29, 1.82) is 0 Å². The molecule has 0 aliphatic carbocycles. The fourth-order valence-electron chi connectivity index (χ4n) is 3.48. The molecule has 0 spiro atoms. The molecule has 1 aromatic carbocycles. The van der Waals surface area contributed by atoms with Gasteiger partial charge in [-0.05, 0) is 75.6 Å². The second-order valence-corrected chi connectivity index (χ2v) is 7.55. The minimum Gasteiger partial charge on any atom is -0.326 e. The minimum atomic E-state index is 0.127. The molecule has 0 saturated carbocycles. The lowest BCUT2D eigenvalue weighted by molar-refractivity contribution is -0.116. The lowest BCUT2D eigenvalue weighted by Gasteiger charge is -2.19. The first-order valence-corrected chi connectivity index (χ1v) is 9.53. The van der Waals surface area contributed by atoms with Crippen molar-refractivity contribution < 1.29 is 4.79 Å². The van der Waals surface area contributed by atoms with Crippen LogP contribution in [0.4, 0.5) is 5.69 Å². The molecule has 0 atom stereocenters. The molecule has 0 bridgehead atoms. The van der Waals surface area contributed by atoms with Crippen LogP contribution in [0.1, 0.15) is 37.7 Å². The number of hydrogen-bond donors (Lipinski definition) is 1. The zero-order valence-electron chi connectivity index (χ0n) is 13.7. The number of amides is 1. The highest BCUT2D eigenvalue weighted by atomic mass is 79.9. The molecule has 0 aromatic heterocycles. The predicted octanol–water partition coefficient (Wildman–Crippen LogP) is 3.47. The van der Waals surface area contributed by atoms with E-state index >= 15 is 0 Å². The Morgan fingerprint density at radius 3 is 2.39 bits per heavy atom. The van der Waals surface area contributed by atoms with Crippen molar-refractivity contribution in [3.05, 3.63) is 28.2 Å². The maximum Gasteiger partial charge on any atom is 0.225 e. The molecular weight excluding hydrogens is 354 g/mol. The van der Waals surface area contributed by atoms with Crippen LogP contribution in [0.2, 0.25) is 0 Å². The third-order valence-electron chi connectivity index (χ3n) is 4.79. The van der Waals surface area contributed by atoms with Crippen LogP contribution in [0.3, 0.4) is 0 Å². The third-order valence-corrected chi connectivity index (χ3v) is 5.28. The number of benzene rings is 1. The minimum absolute atomic E-state index is 0.127. The van der Waals surface area contributed by atoms with Gasteiger partial charge in [0.05, 0.1) is 0 Å². The number of carbonyl (C=O) groups excluding carboxylic acids is 1. The van der Waals surface area contributed by atoms with Gasteiger partial charge in [-0.3, -0.25) is 9.69 Å². The molecule has 1 aromatic rings. The van der Waals surface area contributed by atoms with Crippen molar-refractivity contribution in [2.24, 2.45) is 0 Å². The summed E-state index contributed by atoms with van der Waals surface area (Å²) in [6.45, 7) is 6.41. The van der Waals surface area contributed by atoms with Crippen molar-refractivity contribution >= 4 is 27.5 Å². The largest absolute Gasteiger partial charge is 0.326 e. The summed E-state index contributed by atoms with van der Waals surface area (Å²) in [6.07, 6.45) is 5.69. The normalized spacial score (nSPS) is 19.3. The van der Waals surface area contributed by atoms with E-state index < -0.39 is 0 Å². The fraction of sp³-hybridized carbons (Fsp3) is 0.611. The third kappa shape index (κ3) is 5.03. The second-order valence-electron chi connectivity index (χ2n) is 6.63. The van der Waals surface area contributed by atoms with Gasteiger partial charge in [-0.1, -0.05) is 15.9 Å². The first-order chi connectivity index (χ1) is 11.2. The molecule has 2 aliphatic heterocycles. The lowest BCUT2D eigenvalue weighted by Crippen LogP contribution is -2.25. The Hall–Kier alpha value is -0.910. The van der Waals surface area contributed by atoms with Crippen molar-refractivity contribution in [2.45, 2.75) is 38.6 Å². The smallest absolute Gasteiger partial charge is 0.225 e. The number of nitrogens with one attached hydrogen (secondary N) is 1. The van der Waals surface area contributed by atoms with Crippen LogP contribution in [0.15, 0.2) is 22.7 Å². The summed E-state index contributed by atoms with van der Waals surface area (Å²) in [6, 6.07) is 6.15. The van der Waals surface area contributed by atoms with Crippen molar-refractivity contribution in [3.8, 4) is 0 Å². The molecule has 4 nitrogen and oxygen atoms in total. The van der Waals surface area contributed by atoms with Crippen molar-refractivity contribution in [2.75, 3.05) is 38.0 Å². The monoisotopic (exact) mass is 379 g/mol. The highest BCUT2D eigenvalue weighted by Crippen LogP contribution is 2.24. The van der Waals surface area contributed by atoms with Gasteiger partial charge in [-0.25, -0.2) is 0 Å². The molecule has 0 radical (unpaired) electrons. The van der Waals surface area contributed by atoms with Gasteiger partial charge in [0.15, 0.2) is 0 Å². The first kappa shape index (κ1) is 16.9. The topological polar surface area (TPSA) is 35.6 Å². The number of halogens is 1. The van der Waals surface area contributed by atoms with Gasteiger partial charge in [-0.2, -0.15) is 0 Å². The Bertz CT molecular complexity index is 537. The highest BCUT2D eigenvalue weighted by Gasteiger charge is 2.16. The average molecular weight is 380 g/mol. The van der Waals surface area contributed by atoms with E-state index in [1.165, 1.54) is 31.2 Å². The summed E-state index contributed by atoms with van der Waals surface area (Å²) in [7, 11) is 0. The SMILES string of the molecule is O=C(CCN1CCCC1)Nc1ccc(Br)cc1CN1CCCC1. The molecule has 3 rings (SSSR count). The highest BCUT2D eigenvalue weighted by molar-refractivity contribution is 9.10. The lowest BCUT2D eigenvalue weighted by atomic mass is 10.1. The summed E-state index contributed by atoms with van der Waals surface area (Å²) in [4.78, 5) is 17.1. The van der Waals surface area contributed by atoms with Gasteiger partial charge in [0.25, 0.3) is 0 Å².